The first-order valence-corrected chi connectivity index (χ1v) is 6.62. The van der Waals surface area contributed by atoms with Crippen molar-refractivity contribution < 1.29 is 9.53 Å². The maximum Gasteiger partial charge on any atom is 0.341 e. The molecule has 0 aliphatic carbocycles. The largest absolute Gasteiger partial charge is 0.465 e. The molecule has 1 aromatic carbocycles. The zero-order chi connectivity index (χ0) is 15.0. The SMILES string of the molecule is C=CCn1c(C)c(C(=O)OC)c2nc3ccccc3nc21. The summed E-state index contributed by atoms with van der Waals surface area (Å²) in [6.45, 7) is 6.18. The van der Waals surface area contributed by atoms with Crippen LogP contribution < -0.4 is 0 Å². The smallest absolute Gasteiger partial charge is 0.341 e. The molecule has 0 unspecified atom stereocenters. The first-order chi connectivity index (χ1) is 10.2. The Morgan fingerprint density at radius 3 is 2.62 bits per heavy atom. The third-order valence-electron chi connectivity index (χ3n) is 3.51. The summed E-state index contributed by atoms with van der Waals surface area (Å²) in [4.78, 5) is 21.3. The van der Waals surface area contributed by atoms with E-state index in [9.17, 15) is 4.79 Å². The van der Waals surface area contributed by atoms with E-state index in [0.717, 1.165) is 16.7 Å². The van der Waals surface area contributed by atoms with Gasteiger partial charge in [0, 0.05) is 12.2 Å². The summed E-state index contributed by atoms with van der Waals surface area (Å²) in [7, 11) is 1.37. The predicted octanol–water partition coefficient (Wildman–Crippen LogP) is 2.87. The molecule has 0 aliphatic rings. The Morgan fingerprint density at radius 1 is 1.33 bits per heavy atom. The zero-order valence-corrected chi connectivity index (χ0v) is 12.0. The highest BCUT2D eigenvalue weighted by Crippen LogP contribution is 2.26. The second kappa shape index (κ2) is 5.01. The molecule has 0 fully saturated rings. The van der Waals surface area contributed by atoms with Gasteiger partial charge in [-0.3, -0.25) is 0 Å². The van der Waals surface area contributed by atoms with Gasteiger partial charge in [0.05, 0.1) is 18.1 Å². The fraction of sp³-hybridized carbons (Fsp3) is 0.188. The van der Waals surface area contributed by atoms with Crippen LogP contribution in [-0.2, 0) is 11.3 Å². The second-order valence-electron chi connectivity index (χ2n) is 4.74. The lowest BCUT2D eigenvalue weighted by atomic mass is 10.2. The molecule has 21 heavy (non-hydrogen) atoms. The summed E-state index contributed by atoms with van der Waals surface area (Å²) < 4.78 is 6.81. The van der Waals surface area contributed by atoms with Crippen molar-refractivity contribution in [1.82, 2.24) is 14.5 Å². The Hall–Kier alpha value is -2.69. The molecule has 3 aromatic rings. The molecule has 0 saturated carbocycles. The number of hydrogen-bond donors (Lipinski definition) is 0. The monoisotopic (exact) mass is 281 g/mol. The molecular formula is C16H15N3O2. The highest BCUT2D eigenvalue weighted by Gasteiger charge is 2.22. The van der Waals surface area contributed by atoms with Gasteiger partial charge < -0.3 is 9.30 Å². The number of allylic oxidation sites excluding steroid dienone is 1. The second-order valence-corrected chi connectivity index (χ2v) is 4.74. The number of aromatic nitrogens is 3. The lowest BCUT2D eigenvalue weighted by Crippen LogP contribution is -2.05. The van der Waals surface area contributed by atoms with Crippen molar-refractivity contribution in [3.05, 3.63) is 48.2 Å². The summed E-state index contributed by atoms with van der Waals surface area (Å²) in [6.07, 6.45) is 1.77. The molecule has 0 amide bonds. The van der Waals surface area contributed by atoms with Crippen molar-refractivity contribution in [1.29, 1.82) is 0 Å². The minimum atomic E-state index is -0.398. The first-order valence-electron chi connectivity index (χ1n) is 6.62. The molecule has 106 valence electrons. The number of esters is 1. The van der Waals surface area contributed by atoms with Crippen molar-refractivity contribution in [2.45, 2.75) is 13.5 Å². The molecule has 3 rings (SSSR count). The Labute approximate surface area is 121 Å². The summed E-state index contributed by atoms with van der Waals surface area (Å²) >= 11 is 0. The summed E-state index contributed by atoms with van der Waals surface area (Å²) in [5, 5.41) is 0. The van der Waals surface area contributed by atoms with Crippen LogP contribution in [0, 0.1) is 6.92 Å². The van der Waals surface area contributed by atoms with Gasteiger partial charge in [0.1, 0.15) is 11.1 Å². The number of methoxy groups -OCH3 is 1. The minimum absolute atomic E-state index is 0.398. The Bertz CT molecular complexity index is 865. The predicted molar refractivity (Wildman–Crippen MR) is 81.3 cm³/mol. The quantitative estimate of drug-likeness (QED) is 0.547. The maximum atomic E-state index is 12.1. The number of rotatable bonds is 3. The van der Waals surface area contributed by atoms with Gasteiger partial charge in [-0.05, 0) is 19.1 Å². The van der Waals surface area contributed by atoms with Crippen LogP contribution in [0.3, 0.4) is 0 Å². The van der Waals surface area contributed by atoms with Crippen LogP contribution >= 0.6 is 0 Å². The minimum Gasteiger partial charge on any atom is -0.465 e. The Balaban J connectivity index is 2.45. The van der Waals surface area contributed by atoms with Gasteiger partial charge in [0.2, 0.25) is 0 Å². The molecule has 0 aliphatic heterocycles. The topological polar surface area (TPSA) is 57.0 Å². The average Bonchev–Trinajstić information content (AvgIpc) is 2.77. The Morgan fingerprint density at radius 2 is 2.00 bits per heavy atom. The van der Waals surface area contributed by atoms with Crippen molar-refractivity contribution in [2.75, 3.05) is 7.11 Å². The van der Waals surface area contributed by atoms with Crippen LogP contribution in [0.1, 0.15) is 16.1 Å². The number of nitrogens with zero attached hydrogens (tertiary/aromatic N) is 3. The third-order valence-corrected chi connectivity index (χ3v) is 3.51. The average molecular weight is 281 g/mol. The van der Waals surface area contributed by atoms with Crippen LogP contribution in [0.15, 0.2) is 36.9 Å². The van der Waals surface area contributed by atoms with Gasteiger partial charge in [0.15, 0.2) is 5.65 Å². The van der Waals surface area contributed by atoms with Gasteiger partial charge in [-0.25, -0.2) is 14.8 Å². The first kappa shape index (κ1) is 13.3. The molecule has 5 heteroatoms. The van der Waals surface area contributed by atoms with Crippen molar-refractivity contribution in [3.8, 4) is 0 Å². The lowest BCUT2D eigenvalue weighted by Gasteiger charge is -2.04. The van der Waals surface area contributed by atoms with E-state index in [1.165, 1.54) is 7.11 Å². The molecule has 2 aromatic heterocycles. The van der Waals surface area contributed by atoms with E-state index >= 15 is 0 Å². The number of carbonyl (C=O) groups is 1. The van der Waals surface area contributed by atoms with E-state index in [0.29, 0.717) is 23.3 Å². The van der Waals surface area contributed by atoms with Gasteiger partial charge in [-0.1, -0.05) is 18.2 Å². The number of ether oxygens (including phenoxy) is 1. The standard InChI is InChI=1S/C16H15N3O2/c1-4-9-19-10(2)13(16(20)21-3)14-15(19)18-12-8-6-5-7-11(12)17-14/h4-8H,1,9H2,2-3H3. The van der Waals surface area contributed by atoms with Crippen molar-refractivity contribution in [3.63, 3.8) is 0 Å². The van der Waals surface area contributed by atoms with Gasteiger partial charge in [0.25, 0.3) is 0 Å². The van der Waals surface area contributed by atoms with Crippen LogP contribution in [0.4, 0.5) is 0 Å². The number of hydrogen-bond acceptors (Lipinski definition) is 4. The summed E-state index contributed by atoms with van der Waals surface area (Å²) in [5.41, 5.74) is 4.04. The molecule has 2 heterocycles. The van der Waals surface area contributed by atoms with Crippen LogP contribution in [0.2, 0.25) is 0 Å². The van der Waals surface area contributed by atoms with Crippen molar-refractivity contribution in [2.24, 2.45) is 0 Å². The van der Waals surface area contributed by atoms with Crippen LogP contribution in [0.5, 0.6) is 0 Å². The van der Waals surface area contributed by atoms with Gasteiger partial charge in [-0.15, -0.1) is 6.58 Å². The van der Waals surface area contributed by atoms with Crippen LogP contribution in [0.25, 0.3) is 22.2 Å². The van der Waals surface area contributed by atoms with E-state index in [4.69, 9.17) is 4.74 Å². The molecular weight excluding hydrogens is 266 g/mol. The molecule has 0 atom stereocenters. The zero-order valence-electron chi connectivity index (χ0n) is 12.0. The molecule has 0 radical (unpaired) electrons. The summed E-state index contributed by atoms with van der Waals surface area (Å²) in [6, 6.07) is 7.59. The fourth-order valence-electron chi connectivity index (χ4n) is 2.51. The fourth-order valence-corrected chi connectivity index (χ4v) is 2.51. The number of benzene rings is 1. The molecule has 0 bridgehead atoms. The molecule has 0 N–H and O–H groups in total. The van der Waals surface area contributed by atoms with Crippen LogP contribution in [-0.4, -0.2) is 27.6 Å². The number of carbonyl (C=O) groups excluding carboxylic acids is 1. The third kappa shape index (κ3) is 1.98. The highest BCUT2D eigenvalue weighted by molar-refractivity contribution is 6.04. The highest BCUT2D eigenvalue weighted by atomic mass is 16.5. The molecule has 0 spiro atoms. The normalized spacial score (nSPS) is 11.0. The van der Waals surface area contributed by atoms with Crippen molar-refractivity contribution >= 4 is 28.2 Å². The maximum absolute atomic E-state index is 12.1. The molecule has 5 nitrogen and oxygen atoms in total. The van der Waals surface area contributed by atoms with E-state index in [1.54, 1.807) is 6.08 Å². The van der Waals surface area contributed by atoms with E-state index < -0.39 is 5.97 Å². The van der Waals surface area contributed by atoms with Gasteiger partial charge in [-0.2, -0.15) is 0 Å². The summed E-state index contributed by atoms with van der Waals surface area (Å²) in [5.74, 6) is -0.398. The number of para-hydroxylation sites is 2. The van der Waals surface area contributed by atoms with Gasteiger partial charge >= 0.3 is 5.97 Å². The lowest BCUT2D eigenvalue weighted by molar-refractivity contribution is 0.0601. The van der Waals surface area contributed by atoms with E-state index in [-0.39, 0.29) is 0 Å². The number of fused-ring (bicyclic) bond motifs is 2. The van der Waals surface area contributed by atoms with E-state index in [1.807, 2.05) is 35.8 Å². The molecule has 0 saturated heterocycles. The Kier molecular flexibility index (Phi) is 3.17. The van der Waals surface area contributed by atoms with E-state index in [2.05, 4.69) is 16.5 Å².